The van der Waals surface area contributed by atoms with E-state index >= 15 is 0 Å². The number of aromatic nitrogens is 2. The number of hydrogen-bond acceptors (Lipinski definition) is 5. The molecule has 29 heavy (non-hydrogen) atoms. The van der Waals surface area contributed by atoms with Crippen LogP contribution in [-0.4, -0.2) is 23.8 Å². The van der Waals surface area contributed by atoms with Crippen molar-refractivity contribution in [3.63, 3.8) is 0 Å². The normalized spacial score (nSPS) is 10.8. The van der Waals surface area contributed by atoms with E-state index in [1.165, 1.54) is 11.8 Å². The van der Waals surface area contributed by atoms with E-state index in [-0.39, 0.29) is 5.56 Å². The van der Waals surface area contributed by atoms with Crippen LogP contribution in [-0.2, 0) is 5.75 Å². The second kappa shape index (κ2) is 8.41. The van der Waals surface area contributed by atoms with E-state index in [2.05, 4.69) is 0 Å². The number of rotatable bonds is 6. The average Bonchev–Trinajstić information content (AvgIpc) is 2.78. The fourth-order valence-electron chi connectivity index (χ4n) is 3.15. The van der Waals surface area contributed by atoms with Crippen molar-refractivity contribution >= 4 is 22.7 Å². The molecule has 0 aliphatic heterocycles. The Balaban J connectivity index is 1.84. The van der Waals surface area contributed by atoms with Crippen molar-refractivity contribution in [3.8, 4) is 17.2 Å². The van der Waals surface area contributed by atoms with Crippen LogP contribution in [0.15, 0.2) is 82.7 Å². The van der Waals surface area contributed by atoms with Crippen LogP contribution in [0.2, 0.25) is 0 Å². The van der Waals surface area contributed by atoms with E-state index in [0.29, 0.717) is 27.6 Å². The predicted octanol–water partition coefficient (Wildman–Crippen LogP) is 4.70. The van der Waals surface area contributed by atoms with Crippen molar-refractivity contribution in [2.75, 3.05) is 14.2 Å². The first-order valence-electron chi connectivity index (χ1n) is 9.12. The zero-order valence-corrected chi connectivity index (χ0v) is 17.0. The first-order valence-corrected chi connectivity index (χ1v) is 10.1. The number of benzene rings is 3. The van der Waals surface area contributed by atoms with Gasteiger partial charge in [0.15, 0.2) is 5.16 Å². The fraction of sp³-hybridized carbons (Fsp3) is 0.130. The van der Waals surface area contributed by atoms with Crippen molar-refractivity contribution in [2.24, 2.45) is 0 Å². The SMILES string of the molecule is COc1cccc(-n2c(SCc3ccccc3OC)nc3ccccc3c2=O)c1. The van der Waals surface area contributed by atoms with Gasteiger partial charge in [-0.1, -0.05) is 48.2 Å². The smallest absolute Gasteiger partial charge is 0.266 e. The average molecular weight is 404 g/mol. The molecule has 4 aromatic rings. The molecular formula is C23H20N2O3S. The Morgan fingerprint density at radius 1 is 0.931 bits per heavy atom. The lowest BCUT2D eigenvalue weighted by atomic mass is 10.2. The van der Waals surface area contributed by atoms with Gasteiger partial charge in [-0.2, -0.15) is 0 Å². The summed E-state index contributed by atoms with van der Waals surface area (Å²) in [4.78, 5) is 18.1. The minimum Gasteiger partial charge on any atom is -0.497 e. The summed E-state index contributed by atoms with van der Waals surface area (Å²) in [6.45, 7) is 0. The van der Waals surface area contributed by atoms with Gasteiger partial charge in [0.05, 0.1) is 30.8 Å². The maximum Gasteiger partial charge on any atom is 0.266 e. The summed E-state index contributed by atoms with van der Waals surface area (Å²) >= 11 is 1.50. The monoisotopic (exact) mass is 404 g/mol. The molecule has 0 N–H and O–H groups in total. The highest BCUT2D eigenvalue weighted by Gasteiger charge is 2.15. The van der Waals surface area contributed by atoms with Crippen molar-refractivity contribution in [1.82, 2.24) is 9.55 Å². The van der Waals surface area contributed by atoms with Crippen LogP contribution in [0.25, 0.3) is 16.6 Å². The quantitative estimate of drug-likeness (QED) is 0.345. The van der Waals surface area contributed by atoms with Crippen LogP contribution in [0.1, 0.15) is 5.56 Å². The standard InChI is InChI=1S/C23H20N2O3S/c1-27-18-10-7-9-17(14-18)25-22(26)19-11-4-5-12-20(19)24-23(25)29-15-16-8-3-6-13-21(16)28-2/h3-14H,15H2,1-2H3. The van der Waals surface area contributed by atoms with Gasteiger partial charge in [-0.05, 0) is 30.3 Å². The molecule has 0 saturated heterocycles. The zero-order chi connectivity index (χ0) is 20.2. The van der Waals surface area contributed by atoms with Crippen molar-refractivity contribution < 1.29 is 9.47 Å². The van der Waals surface area contributed by atoms with Crippen LogP contribution in [0, 0.1) is 0 Å². The Hall–Kier alpha value is -3.25. The Labute approximate surface area is 172 Å². The summed E-state index contributed by atoms with van der Waals surface area (Å²) in [6.07, 6.45) is 0. The third kappa shape index (κ3) is 3.84. The second-order valence-electron chi connectivity index (χ2n) is 6.35. The van der Waals surface area contributed by atoms with Gasteiger partial charge < -0.3 is 9.47 Å². The van der Waals surface area contributed by atoms with Gasteiger partial charge in [0.1, 0.15) is 11.5 Å². The van der Waals surface area contributed by atoms with Crippen LogP contribution in [0.3, 0.4) is 0 Å². The molecule has 1 heterocycles. The lowest BCUT2D eigenvalue weighted by Gasteiger charge is -2.14. The largest absolute Gasteiger partial charge is 0.497 e. The molecule has 0 saturated carbocycles. The molecule has 3 aromatic carbocycles. The number of ether oxygens (including phenoxy) is 2. The van der Waals surface area contributed by atoms with Crippen molar-refractivity contribution in [2.45, 2.75) is 10.9 Å². The molecule has 0 amide bonds. The third-order valence-electron chi connectivity index (χ3n) is 4.61. The number of methoxy groups -OCH3 is 2. The molecule has 4 rings (SSSR count). The van der Waals surface area contributed by atoms with Gasteiger partial charge in [-0.25, -0.2) is 4.98 Å². The van der Waals surface area contributed by atoms with E-state index in [9.17, 15) is 4.79 Å². The Morgan fingerprint density at radius 3 is 2.55 bits per heavy atom. The summed E-state index contributed by atoms with van der Waals surface area (Å²) in [5.41, 5.74) is 2.33. The molecule has 5 nitrogen and oxygen atoms in total. The van der Waals surface area contributed by atoms with Crippen LogP contribution >= 0.6 is 11.8 Å². The highest BCUT2D eigenvalue weighted by molar-refractivity contribution is 7.98. The van der Waals surface area contributed by atoms with Crippen molar-refractivity contribution in [1.29, 1.82) is 0 Å². The van der Waals surface area contributed by atoms with Crippen LogP contribution in [0.4, 0.5) is 0 Å². The summed E-state index contributed by atoms with van der Waals surface area (Å²) in [5, 5.41) is 1.20. The molecule has 1 aromatic heterocycles. The Morgan fingerprint density at radius 2 is 1.72 bits per heavy atom. The van der Waals surface area contributed by atoms with E-state index < -0.39 is 0 Å². The molecule has 0 aliphatic rings. The van der Waals surface area contributed by atoms with Crippen molar-refractivity contribution in [3.05, 3.63) is 88.7 Å². The highest BCUT2D eigenvalue weighted by Crippen LogP contribution is 2.29. The van der Waals surface area contributed by atoms with Crippen LogP contribution in [0.5, 0.6) is 11.5 Å². The molecule has 6 heteroatoms. The number of para-hydroxylation sites is 2. The first kappa shape index (κ1) is 19.1. The second-order valence-corrected chi connectivity index (χ2v) is 7.30. The fourth-order valence-corrected chi connectivity index (χ4v) is 4.15. The maximum atomic E-state index is 13.3. The predicted molar refractivity (Wildman–Crippen MR) is 116 cm³/mol. The minimum absolute atomic E-state index is 0.105. The molecule has 0 spiro atoms. The summed E-state index contributed by atoms with van der Waals surface area (Å²) < 4.78 is 12.4. The van der Waals surface area contributed by atoms with E-state index in [4.69, 9.17) is 14.5 Å². The molecule has 0 fully saturated rings. The van der Waals surface area contributed by atoms with E-state index in [1.807, 2.05) is 66.7 Å². The Bertz CT molecular complexity index is 1220. The van der Waals surface area contributed by atoms with Gasteiger partial charge in [-0.15, -0.1) is 0 Å². The Kier molecular flexibility index (Phi) is 5.53. The highest BCUT2D eigenvalue weighted by atomic mass is 32.2. The molecule has 0 radical (unpaired) electrons. The summed E-state index contributed by atoms with van der Waals surface area (Å²) in [6, 6.07) is 22.7. The summed E-state index contributed by atoms with van der Waals surface area (Å²) in [5.74, 6) is 2.12. The topological polar surface area (TPSA) is 53.4 Å². The van der Waals surface area contributed by atoms with E-state index in [1.54, 1.807) is 24.9 Å². The third-order valence-corrected chi connectivity index (χ3v) is 5.59. The molecular weight excluding hydrogens is 384 g/mol. The minimum atomic E-state index is -0.105. The maximum absolute atomic E-state index is 13.3. The lowest BCUT2D eigenvalue weighted by Crippen LogP contribution is -2.21. The van der Waals surface area contributed by atoms with Gasteiger partial charge >= 0.3 is 0 Å². The van der Waals surface area contributed by atoms with Gasteiger partial charge in [0.25, 0.3) is 5.56 Å². The number of nitrogens with zero attached hydrogens (tertiary/aromatic N) is 2. The van der Waals surface area contributed by atoms with Gasteiger partial charge in [-0.3, -0.25) is 9.36 Å². The summed E-state index contributed by atoms with van der Waals surface area (Å²) in [7, 11) is 3.27. The molecule has 0 aliphatic carbocycles. The lowest BCUT2D eigenvalue weighted by molar-refractivity contribution is 0.411. The van der Waals surface area contributed by atoms with Crippen LogP contribution < -0.4 is 15.0 Å². The molecule has 0 bridgehead atoms. The number of fused-ring (bicyclic) bond motifs is 1. The van der Waals surface area contributed by atoms with Gasteiger partial charge in [0, 0.05) is 17.4 Å². The number of hydrogen-bond donors (Lipinski definition) is 0. The van der Waals surface area contributed by atoms with Gasteiger partial charge in [0.2, 0.25) is 0 Å². The number of thioether (sulfide) groups is 1. The molecule has 146 valence electrons. The zero-order valence-electron chi connectivity index (χ0n) is 16.2. The molecule has 0 unspecified atom stereocenters. The molecule has 0 atom stereocenters. The first-order chi connectivity index (χ1) is 14.2. The van der Waals surface area contributed by atoms with E-state index in [0.717, 1.165) is 17.0 Å².